The molecule has 12 nitrogen and oxygen atoms in total. The minimum Gasteiger partial charge on any atom is -0.495 e. The first-order valence-electron chi connectivity index (χ1n) is 14.5. The number of nitrogens with one attached hydrogen (secondary N) is 1. The normalized spacial score (nSPS) is 10.7. The van der Waals surface area contributed by atoms with Crippen LogP contribution < -0.4 is 18.5 Å². The second-order valence-corrected chi connectivity index (χ2v) is 14.5. The zero-order chi connectivity index (χ0) is 38.4. The van der Waals surface area contributed by atoms with Crippen molar-refractivity contribution in [3.05, 3.63) is 119 Å². The molecule has 0 saturated heterocycles. The van der Waals surface area contributed by atoms with Crippen molar-refractivity contribution in [3.8, 4) is 11.5 Å². The first kappa shape index (κ1) is 42.4. The van der Waals surface area contributed by atoms with Crippen molar-refractivity contribution >= 4 is 59.3 Å². The molecule has 0 aliphatic carbocycles. The first-order valence-corrected chi connectivity index (χ1v) is 19.4. The van der Waals surface area contributed by atoms with Gasteiger partial charge in [0.15, 0.2) is 0 Å². The van der Waals surface area contributed by atoms with Gasteiger partial charge in [-0.2, -0.15) is 0 Å². The lowest BCUT2D eigenvalue weighted by atomic mass is 10.1. The molecule has 4 aromatic rings. The van der Waals surface area contributed by atoms with Crippen molar-refractivity contribution in [2.45, 2.75) is 11.9 Å². The number of rotatable bonds is 11. The Bertz CT molecular complexity index is 2030. The Kier molecular flexibility index (Phi) is 16.3. The fourth-order valence-electron chi connectivity index (χ4n) is 4.12. The summed E-state index contributed by atoms with van der Waals surface area (Å²) in [6.07, 6.45) is 2.12. The number of para-hydroxylation sites is 4. The van der Waals surface area contributed by atoms with Crippen LogP contribution in [0, 0.1) is 11.6 Å². The molecular weight excluding hydrogens is 778 g/mol. The van der Waals surface area contributed by atoms with E-state index in [2.05, 4.69) is 30.1 Å². The Morgan fingerprint density at radius 2 is 1.18 bits per heavy atom. The van der Waals surface area contributed by atoms with Crippen molar-refractivity contribution in [2.75, 3.05) is 50.0 Å². The lowest BCUT2D eigenvalue weighted by Gasteiger charge is -2.24. The van der Waals surface area contributed by atoms with Crippen LogP contribution in [0.1, 0.15) is 31.8 Å². The molecule has 4 rings (SSSR count). The Morgan fingerprint density at radius 1 is 0.706 bits per heavy atom. The molecule has 0 amide bonds. The number of methoxy groups -OCH3 is 4. The summed E-state index contributed by atoms with van der Waals surface area (Å²) in [5.74, 6) is -1.45. The molecule has 0 saturated carbocycles. The van der Waals surface area contributed by atoms with Crippen LogP contribution >= 0.6 is 15.9 Å². The average molecular weight is 816 g/mol. The van der Waals surface area contributed by atoms with Gasteiger partial charge in [0.25, 0.3) is 0 Å². The molecule has 4 aromatic carbocycles. The molecule has 51 heavy (non-hydrogen) atoms. The summed E-state index contributed by atoms with van der Waals surface area (Å²) in [6.45, 7) is -0.244. The first-order chi connectivity index (χ1) is 24.0. The van der Waals surface area contributed by atoms with Crippen LogP contribution in [0.15, 0.2) is 84.9 Å². The summed E-state index contributed by atoms with van der Waals surface area (Å²) < 4.78 is 96.2. The van der Waals surface area contributed by atoms with Crippen LogP contribution in [0.4, 0.5) is 20.2 Å². The van der Waals surface area contributed by atoms with Gasteiger partial charge in [-0.05, 0) is 54.1 Å². The highest BCUT2D eigenvalue weighted by atomic mass is 79.9. The van der Waals surface area contributed by atoms with Crippen LogP contribution in [0.3, 0.4) is 0 Å². The second kappa shape index (κ2) is 19.6. The number of hydrogen-bond acceptors (Lipinski definition) is 10. The highest BCUT2D eigenvalue weighted by molar-refractivity contribution is 9.08. The van der Waals surface area contributed by atoms with E-state index in [1.807, 2.05) is 0 Å². The van der Waals surface area contributed by atoms with Gasteiger partial charge >= 0.3 is 11.9 Å². The van der Waals surface area contributed by atoms with Crippen molar-refractivity contribution in [3.63, 3.8) is 0 Å². The fraction of sp³-hybridized carbons (Fsp3) is 0.235. The van der Waals surface area contributed by atoms with Crippen molar-refractivity contribution in [1.82, 2.24) is 0 Å². The number of carbonyl (C=O) groups is 2. The van der Waals surface area contributed by atoms with E-state index < -0.39 is 43.6 Å². The minimum atomic E-state index is -3.70. The van der Waals surface area contributed by atoms with E-state index in [1.54, 1.807) is 54.6 Å². The van der Waals surface area contributed by atoms with E-state index in [0.29, 0.717) is 33.8 Å². The maximum Gasteiger partial charge on any atom is 0.337 e. The molecular formula is C34H37BrF2N2O10S2. The van der Waals surface area contributed by atoms with Gasteiger partial charge in [0.1, 0.15) is 23.1 Å². The number of alkyl halides is 1. The van der Waals surface area contributed by atoms with E-state index in [1.165, 1.54) is 52.7 Å². The van der Waals surface area contributed by atoms with Crippen LogP contribution in [0.25, 0.3) is 0 Å². The number of halogens is 3. The molecule has 0 radical (unpaired) electrons. The van der Waals surface area contributed by atoms with E-state index in [0.717, 1.165) is 22.9 Å². The molecule has 0 spiro atoms. The number of esters is 2. The molecule has 0 atom stereocenters. The van der Waals surface area contributed by atoms with Gasteiger partial charge in [0, 0.05) is 10.9 Å². The number of benzene rings is 4. The molecule has 0 heterocycles. The summed E-state index contributed by atoms with van der Waals surface area (Å²) in [5, 5.41) is 0.431. The Morgan fingerprint density at radius 3 is 1.61 bits per heavy atom. The number of anilines is 2. The maximum atomic E-state index is 14.3. The third-order valence-electron chi connectivity index (χ3n) is 6.56. The monoisotopic (exact) mass is 814 g/mol. The van der Waals surface area contributed by atoms with E-state index in [-0.39, 0.29) is 23.2 Å². The SMILES string of the molecule is COC(=O)c1ccc(CBr)c(F)c1.COC(=O)c1ccc(CN(c2ccccc2OC)S(C)(=O)=O)c(F)c1.COc1ccccc1NS(C)(=O)=O. The van der Waals surface area contributed by atoms with Crippen LogP contribution in [-0.2, 0) is 41.4 Å². The predicted molar refractivity (Wildman–Crippen MR) is 194 cm³/mol. The smallest absolute Gasteiger partial charge is 0.337 e. The van der Waals surface area contributed by atoms with E-state index >= 15 is 0 Å². The zero-order valence-corrected chi connectivity index (χ0v) is 31.7. The topological polar surface area (TPSA) is 155 Å². The maximum absolute atomic E-state index is 14.3. The van der Waals surface area contributed by atoms with Crippen molar-refractivity contribution in [1.29, 1.82) is 0 Å². The standard InChI is InChI=1S/C17H18FNO5S.C9H8BrFO2.C8H11NO3S/c1-23-16-7-5-4-6-15(16)19(25(3,21)22)11-13-9-8-12(10-14(13)18)17(20)24-2;1-13-9(12)6-2-3-7(5-10)8(11)4-6;1-12-8-6-4-3-5-7(8)9-13(2,10)11/h4-10H,11H2,1-3H3;2-4H,5H2,1H3;3-6,9H,1-2H3. The number of hydrogen-bond donors (Lipinski definition) is 1. The highest BCUT2D eigenvalue weighted by Crippen LogP contribution is 2.31. The Hall–Kier alpha value is -4.74. The number of carbonyl (C=O) groups excluding carboxylic acids is 2. The predicted octanol–water partition coefficient (Wildman–Crippen LogP) is 6.16. The summed E-state index contributed by atoms with van der Waals surface area (Å²) in [4.78, 5) is 22.4. The molecule has 0 fully saturated rings. The van der Waals surface area contributed by atoms with Crippen LogP contribution in [0.2, 0.25) is 0 Å². The quantitative estimate of drug-likeness (QED) is 0.138. The van der Waals surface area contributed by atoms with Gasteiger partial charge in [0.05, 0.1) is 70.0 Å². The minimum absolute atomic E-state index is 0.0481. The number of sulfonamides is 2. The summed E-state index contributed by atoms with van der Waals surface area (Å²) in [7, 11) is -1.57. The summed E-state index contributed by atoms with van der Waals surface area (Å²) in [5.41, 5.74) is 1.66. The third-order valence-corrected chi connectivity index (χ3v) is 8.88. The zero-order valence-electron chi connectivity index (χ0n) is 28.5. The molecule has 1 N–H and O–H groups in total. The average Bonchev–Trinajstić information content (AvgIpc) is 3.10. The van der Waals surface area contributed by atoms with Crippen LogP contribution in [-0.4, -0.2) is 69.7 Å². The number of nitrogens with zero attached hydrogens (tertiary/aromatic N) is 1. The largest absolute Gasteiger partial charge is 0.495 e. The molecule has 17 heteroatoms. The number of ether oxygens (including phenoxy) is 4. The highest BCUT2D eigenvalue weighted by Gasteiger charge is 2.23. The molecule has 0 aliphatic rings. The molecule has 0 unspecified atom stereocenters. The summed E-state index contributed by atoms with van der Waals surface area (Å²) in [6, 6.07) is 21.4. The van der Waals surface area contributed by atoms with Gasteiger partial charge < -0.3 is 18.9 Å². The van der Waals surface area contributed by atoms with Gasteiger partial charge in [0.2, 0.25) is 20.0 Å². The molecule has 276 valence electrons. The van der Waals surface area contributed by atoms with Gasteiger partial charge in [-0.3, -0.25) is 9.03 Å². The molecule has 0 aliphatic heterocycles. The lowest BCUT2D eigenvalue weighted by Crippen LogP contribution is -2.30. The fourth-order valence-corrected chi connectivity index (χ4v) is 6.03. The lowest BCUT2D eigenvalue weighted by molar-refractivity contribution is 0.0591. The van der Waals surface area contributed by atoms with E-state index in [9.17, 15) is 35.2 Å². The van der Waals surface area contributed by atoms with Crippen molar-refractivity contribution < 1.29 is 54.2 Å². The molecule has 0 bridgehead atoms. The summed E-state index contributed by atoms with van der Waals surface area (Å²) >= 11 is 3.13. The third kappa shape index (κ3) is 13.1. The van der Waals surface area contributed by atoms with Gasteiger partial charge in [-0.1, -0.05) is 52.3 Å². The second-order valence-electron chi connectivity index (χ2n) is 10.2. The van der Waals surface area contributed by atoms with Crippen molar-refractivity contribution in [2.24, 2.45) is 0 Å². The Labute approximate surface area is 304 Å². The van der Waals surface area contributed by atoms with E-state index in [4.69, 9.17) is 9.47 Å². The van der Waals surface area contributed by atoms with Gasteiger partial charge in [-0.15, -0.1) is 0 Å². The van der Waals surface area contributed by atoms with Gasteiger partial charge in [-0.25, -0.2) is 35.2 Å². The van der Waals surface area contributed by atoms with Crippen LogP contribution in [0.5, 0.6) is 11.5 Å². The Balaban J connectivity index is 0.000000292. The molecule has 0 aromatic heterocycles.